The minimum absolute atomic E-state index is 0.284. The maximum absolute atomic E-state index is 13.1. The monoisotopic (exact) mass is 237 g/mol. The van der Waals surface area contributed by atoms with Gasteiger partial charge in [0.15, 0.2) is 0 Å². The average molecular weight is 237 g/mol. The van der Waals surface area contributed by atoms with Crippen LogP contribution in [0.5, 0.6) is 0 Å². The first-order valence-corrected chi connectivity index (χ1v) is 6.12. The molecule has 1 heterocycles. The maximum Gasteiger partial charge on any atom is 0.127 e. The molecule has 3 nitrogen and oxygen atoms in total. The van der Waals surface area contributed by atoms with E-state index in [4.69, 9.17) is 5.73 Å². The molecule has 94 valence electrons. The van der Waals surface area contributed by atoms with Gasteiger partial charge in [0.1, 0.15) is 5.82 Å². The fraction of sp³-hybridized carbons (Fsp3) is 0.538. The molecule has 17 heavy (non-hydrogen) atoms. The molecular weight excluding hydrogens is 217 g/mol. The normalized spacial score (nSPS) is 21.4. The fourth-order valence-electron chi connectivity index (χ4n) is 2.42. The lowest BCUT2D eigenvalue weighted by molar-refractivity contribution is 0.217. The van der Waals surface area contributed by atoms with Crippen molar-refractivity contribution in [2.24, 2.45) is 5.92 Å². The number of hydrogen-bond donors (Lipinski definition) is 2. The summed E-state index contributed by atoms with van der Waals surface area (Å²) in [6.07, 6.45) is 2.48. The lowest BCUT2D eigenvalue weighted by Gasteiger charge is -2.30. The van der Waals surface area contributed by atoms with Gasteiger partial charge in [-0.2, -0.15) is 0 Å². The first-order valence-electron chi connectivity index (χ1n) is 6.12. The lowest BCUT2D eigenvalue weighted by Crippen LogP contribution is -2.35. The Morgan fingerprint density at radius 1 is 1.47 bits per heavy atom. The molecule has 4 heteroatoms. The van der Waals surface area contributed by atoms with Gasteiger partial charge in [-0.3, -0.25) is 0 Å². The minimum atomic E-state index is -0.284. The van der Waals surface area contributed by atoms with Crippen molar-refractivity contribution in [1.29, 1.82) is 0 Å². The zero-order valence-corrected chi connectivity index (χ0v) is 10.2. The van der Waals surface area contributed by atoms with Crippen molar-refractivity contribution < 1.29 is 4.39 Å². The second-order valence-electron chi connectivity index (χ2n) is 4.92. The molecule has 0 aromatic heterocycles. The molecule has 1 aromatic carbocycles. The van der Waals surface area contributed by atoms with Gasteiger partial charge in [0.05, 0.1) is 0 Å². The van der Waals surface area contributed by atoms with Gasteiger partial charge in [0.2, 0.25) is 0 Å². The highest BCUT2D eigenvalue weighted by Gasteiger charge is 2.16. The Bertz CT molecular complexity index is 361. The van der Waals surface area contributed by atoms with Gasteiger partial charge in [-0.25, -0.2) is 4.39 Å². The van der Waals surface area contributed by atoms with Crippen molar-refractivity contribution in [1.82, 2.24) is 4.90 Å². The van der Waals surface area contributed by atoms with Crippen LogP contribution in [0.2, 0.25) is 0 Å². The quantitative estimate of drug-likeness (QED) is 0.792. The highest BCUT2D eigenvalue weighted by Crippen LogP contribution is 2.19. The van der Waals surface area contributed by atoms with Crippen LogP contribution in [-0.4, -0.2) is 31.6 Å². The van der Waals surface area contributed by atoms with E-state index >= 15 is 0 Å². The van der Waals surface area contributed by atoms with Crippen LogP contribution in [0.25, 0.3) is 0 Å². The first kappa shape index (κ1) is 12.2. The van der Waals surface area contributed by atoms with Crippen LogP contribution in [0, 0.1) is 11.7 Å². The number of nitrogens with one attached hydrogen (secondary N) is 1. The zero-order chi connectivity index (χ0) is 12.3. The molecule has 0 saturated carbocycles. The van der Waals surface area contributed by atoms with Crippen molar-refractivity contribution >= 4 is 11.4 Å². The molecule has 3 N–H and O–H groups in total. The van der Waals surface area contributed by atoms with Crippen LogP contribution in [-0.2, 0) is 0 Å². The summed E-state index contributed by atoms with van der Waals surface area (Å²) in [4.78, 5) is 2.34. The molecule has 0 amide bonds. The van der Waals surface area contributed by atoms with E-state index in [0.717, 1.165) is 18.8 Å². The summed E-state index contributed by atoms with van der Waals surface area (Å²) in [5.74, 6) is 0.353. The third kappa shape index (κ3) is 3.60. The number of benzene rings is 1. The molecule has 1 aliphatic heterocycles. The summed E-state index contributed by atoms with van der Waals surface area (Å²) in [5, 5.41) is 3.27. The third-order valence-corrected chi connectivity index (χ3v) is 3.24. The van der Waals surface area contributed by atoms with Gasteiger partial charge in [-0.1, -0.05) is 0 Å². The van der Waals surface area contributed by atoms with Crippen molar-refractivity contribution in [2.75, 3.05) is 37.7 Å². The number of nitrogens with zero attached hydrogens (tertiary/aromatic N) is 1. The van der Waals surface area contributed by atoms with Gasteiger partial charge in [0, 0.05) is 24.5 Å². The predicted octanol–water partition coefficient (Wildman–Crippen LogP) is 2.16. The van der Waals surface area contributed by atoms with Crippen LogP contribution >= 0.6 is 0 Å². The van der Waals surface area contributed by atoms with E-state index in [0.29, 0.717) is 11.6 Å². The van der Waals surface area contributed by atoms with Crippen LogP contribution in [0.15, 0.2) is 18.2 Å². The first-order chi connectivity index (χ1) is 8.13. The fourth-order valence-corrected chi connectivity index (χ4v) is 2.42. The van der Waals surface area contributed by atoms with Crippen LogP contribution < -0.4 is 11.1 Å². The van der Waals surface area contributed by atoms with Crippen molar-refractivity contribution in [2.45, 2.75) is 12.8 Å². The van der Waals surface area contributed by atoms with E-state index in [9.17, 15) is 4.39 Å². The summed E-state index contributed by atoms with van der Waals surface area (Å²) in [6, 6.07) is 4.60. The molecule has 1 saturated heterocycles. The highest BCUT2D eigenvalue weighted by atomic mass is 19.1. The van der Waals surface area contributed by atoms with E-state index in [1.807, 2.05) is 0 Å². The number of halogens is 1. The van der Waals surface area contributed by atoms with E-state index in [2.05, 4.69) is 17.3 Å². The Morgan fingerprint density at radius 2 is 2.29 bits per heavy atom. The number of likely N-dealkylation sites (tertiary alicyclic amines) is 1. The average Bonchev–Trinajstić information content (AvgIpc) is 2.25. The molecular formula is C13H20FN3. The molecule has 1 unspecified atom stereocenters. The predicted molar refractivity (Wildman–Crippen MR) is 69.5 cm³/mol. The van der Waals surface area contributed by atoms with Crippen molar-refractivity contribution in [3.8, 4) is 0 Å². The zero-order valence-electron chi connectivity index (χ0n) is 10.2. The number of nitrogen functional groups attached to an aromatic ring is 1. The highest BCUT2D eigenvalue weighted by molar-refractivity contribution is 5.54. The number of nitrogens with two attached hydrogens (primary N) is 1. The summed E-state index contributed by atoms with van der Waals surface area (Å²) in [6.45, 7) is 3.18. The summed E-state index contributed by atoms with van der Waals surface area (Å²) >= 11 is 0. The van der Waals surface area contributed by atoms with Crippen LogP contribution in [0.1, 0.15) is 12.8 Å². The third-order valence-electron chi connectivity index (χ3n) is 3.24. The van der Waals surface area contributed by atoms with Crippen LogP contribution in [0.4, 0.5) is 15.8 Å². The Balaban J connectivity index is 1.88. The SMILES string of the molecule is CN1CCCC(CNc2cc(N)cc(F)c2)C1. The van der Waals surface area contributed by atoms with Gasteiger partial charge < -0.3 is 16.0 Å². The molecule has 1 atom stereocenters. The Morgan fingerprint density at radius 3 is 3.00 bits per heavy atom. The molecule has 0 radical (unpaired) electrons. The molecule has 1 fully saturated rings. The lowest BCUT2D eigenvalue weighted by atomic mass is 9.98. The summed E-state index contributed by atoms with van der Waals surface area (Å²) < 4.78 is 13.1. The topological polar surface area (TPSA) is 41.3 Å². The van der Waals surface area contributed by atoms with E-state index < -0.39 is 0 Å². The standard InChI is InChI=1S/C13H20FN3/c1-17-4-2-3-10(9-17)8-16-13-6-11(14)5-12(15)7-13/h5-7,10,16H,2-4,8-9,15H2,1H3. The number of hydrogen-bond acceptors (Lipinski definition) is 3. The Labute approximate surface area is 102 Å². The maximum atomic E-state index is 13.1. The second kappa shape index (κ2) is 5.36. The van der Waals surface area contributed by atoms with Gasteiger partial charge in [0.25, 0.3) is 0 Å². The molecule has 0 bridgehead atoms. The largest absolute Gasteiger partial charge is 0.399 e. The molecule has 1 aromatic rings. The van der Waals surface area contributed by atoms with Gasteiger partial charge in [-0.05, 0) is 50.6 Å². The Kier molecular flexibility index (Phi) is 3.84. The van der Waals surface area contributed by atoms with Crippen molar-refractivity contribution in [3.05, 3.63) is 24.0 Å². The molecule has 2 rings (SSSR count). The molecule has 0 spiro atoms. The second-order valence-corrected chi connectivity index (χ2v) is 4.92. The van der Waals surface area contributed by atoms with Crippen molar-refractivity contribution in [3.63, 3.8) is 0 Å². The smallest absolute Gasteiger partial charge is 0.127 e. The van der Waals surface area contributed by atoms with Gasteiger partial charge >= 0.3 is 0 Å². The molecule has 0 aliphatic carbocycles. The summed E-state index contributed by atoms with van der Waals surface area (Å²) in [5.41, 5.74) is 6.84. The number of rotatable bonds is 3. The Hall–Kier alpha value is -1.29. The number of anilines is 2. The minimum Gasteiger partial charge on any atom is -0.399 e. The summed E-state index contributed by atoms with van der Waals surface area (Å²) in [7, 11) is 2.15. The van der Waals surface area contributed by atoms with Crippen LogP contribution in [0.3, 0.4) is 0 Å². The van der Waals surface area contributed by atoms with Gasteiger partial charge in [-0.15, -0.1) is 0 Å². The number of piperidine rings is 1. The van der Waals surface area contributed by atoms with E-state index in [1.165, 1.54) is 31.5 Å². The van der Waals surface area contributed by atoms with E-state index in [1.54, 1.807) is 6.07 Å². The van der Waals surface area contributed by atoms with E-state index in [-0.39, 0.29) is 5.82 Å². The molecule has 1 aliphatic rings.